The van der Waals surface area contributed by atoms with E-state index in [1.54, 1.807) is 13.8 Å². The Labute approximate surface area is 75.3 Å². The first kappa shape index (κ1) is 9.38. The van der Waals surface area contributed by atoms with Crippen LogP contribution in [0, 0.1) is 24.0 Å². The number of nitro benzene ring substituents is 1. The maximum Gasteiger partial charge on any atom is 0.272 e. The molecular weight excluding hydrogens is 170 g/mol. The van der Waals surface area contributed by atoms with Crippen molar-refractivity contribution in [2.45, 2.75) is 13.8 Å². The van der Waals surface area contributed by atoms with Crippen molar-refractivity contribution in [2.75, 3.05) is 0 Å². The van der Waals surface area contributed by atoms with E-state index in [-0.39, 0.29) is 5.69 Å². The van der Waals surface area contributed by atoms with Crippen molar-refractivity contribution in [3.63, 3.8) is 0 Å². The highest BCUT2D eigenvalue weighted by Gasteiger charge is 2.13. The molecular formula is C9H9NO3. The third-order valence-electron chi connectivity index (χ3n) is 2.12. The van der Waals surface area contributed by atoms with E-state index in [1.165, 1.54) is 12.1 Å². The molecule has 4 nitrogen and oxygen atoms in total. The van der Waals surface area contributed by atoms with Crippen LogP contribution in [0.2, 0.25) is 0 Å². The Bertz CT molecular complexity index is 371. The number of hydrogen-bond acceptors (Lipinski definition) is 3. The van der Waals surface area contributed by atoms with Crippen LogP contribution >= 0.6 is 0 Å². The van der Waals surface area contributed by atoms with Crippen molar-refractivity contribution < 1.29 is 9.72 Å². The number of rotatable bonds is 2. The van der Waals surface area contributed by atoms with E-state index in [4.69, 9.17) is 0 Å². The molecule has 0 saturated carbocycles. The van der Waals surface area contributed by atoms with Crippen LogP contribution in [0.3, 0.4) is 0 Å². The number of carbonyl (C=O) groups excluding carboxylic acids is 1. The van der Waals surface area contributed by atoms with Gasteiger partial charge in [-0.3, -0.25) is 14.9 Å². The van der Waals surface area contributed by atoms with Gasteiger partial charge in [-0.05, 0) is 25.5 Å². The van der Waals surface area contributed by atoms with Crippen molar-refractivity contribution in [3.05, 3.63) is 38.9 Å². The number of nitro groups is 1. The molecule has 1 aromatic carbocycles. The monoisotopic (exact) mass is 179 g/mol. The molecule has 0 atom stereocenters. The Morgan fingerprint density at radius 2 is 1.92 bits per heavy atom. The third kappa shape index (κ3) is 1.56. The van der Waals surface area contributed by atoms with Crippen LogP contribution in [0.15, 0.2) is 12.1 Å². The first-order chi connectivity index (χ1) is 6.07. The van der Waals surface area contributed by atoms with E-state index in [0.29, 0.717) is 23.0 Å². The maximum absolute atomic E-state index is 10.5. The van der Waals surface area contributed by atoms with Gasteiger partial charge in [0.2, 0.25) is 0 Å². The second-order valence-corrected chi connectivity index (χ2v) is 2.80. The predicted octanol–water partition coefficient (Wildman–Crippen LogP) is 2.02. The van der Waals surface area contributed by atoms with Crippen molar-refractivity contribution in [1.82, 2.24) is 0 Å². The summed E-state index contributed by atoms with van der Waals surface area (Å²) in [6.07, 6.45) is 0.700. The molecule has 0 heterocycles. The minimum atomic E-state index is -0.448. The van der Waals surface area contributed by atoms with Crippen LogP contribution in [-0.4, -0.2) is 11.2 Å². The van der Waals surface area contributed by atoms with Crippen molar-refractivity contribution >= 4 is 12.0 Å². The number of nitrogens with zero attached hydrogens (tertiary/aromatic N) is 1. The third-order valence-corrected chi connectivity index (χ3v) is 2.12. The summed E-state index contributed by atoms with van der Waals surface area (Å²) in [6.45, 7) is 3.34. The lowest BCUT2D eigenvalue weighted by molar-refractivity contribution is -0.385. The van der Waals surface area contributed by atoms with E-state index < -0.39 is 4.92 Å². The lowest BCUT2D eigenvalue weighted by Crippen LogP contribution is -1.96. The zero-order chi connectivity index (χ0) is 10.0. The fraction of sp³-hybridized carbons (Fsp3) is 0.222. The van der Waals surface area contributed by atoms with Gasteiger partial charge in [0, 0.05) is 17.2 Å². The van der Waals surface area contributed by atoms with E-state index in [9.17, 15) is 14.9 Å². The molecule has 68 valence electrons. The van der Waals surface area contributed by atoms with Gasteiger partial charge in [-0.25, -0.2) is 0 Å². The van der Waals surface area contributed by atoms with Gasteiger partial charge in [-0.15, -0.1) is 0 Å². The van der Waals surface area contributed by atoms with Gasteiger partial charge in [-0.2, -0.15) is 0 Å². The molecule has 0 aliphatic carbocycles. The molecule has 0 unspecified atom stereocenters. The van der Waals surface area contributed by atoms with Crippen LogP contribution in [0.4, 0.5) is 5.69 Å². The lowest BCUT2D eigenvalue weighted by Gasteiger charge is -2.02. The fourth-order valence-corrected chi connectivity index (χ4v) is 1.15. The van der Waals surface area contributed by atoms with Gasteiger partial charge >= 0.3 is 0 Å². The van der Waals surface area contributed by atoms with E-state index >= 15 is 0 Å². The van der Waals surface area contributed by atoms with Gasteiger partial charge in [0.15, 0.2) is 0 Å². The van der Waals surface area contributed by atoms with Crippen LogP contribution in [-0.2, 0) is 0 Å². The zero-order valence-corrected chi connectivity index (χ0v) is 7.40. The van der Waals surface area contributed by atoms with E-state index in [0.717, 1.165) is 0 Å². The highest BCUT2D eigenvalue weighted by Crippen LogP contribution is 2.22. The Kier molecular flexibility index (Phi) is 2.41. The Hall–Kier alpha value is -1.71. The van der Waals surface area contributed by atoms with E-state index in [2.05, 4.69) is 0 Å². The molecule has 0 N–H and O–H groups in total. The van der Waals surface area contributed by atoms with E-state index in [1.807, 2.05) is 0 Å². The van der Waals surface area contributed by atoms with Gasteiger partial charge in [0.1, 0.15) is 6.29 Å². The SMILES string of the molecule is Cc1c(C=O)ccc([N+](=O)[O-])c1C. The second-order valence-electron chi connectivity index (χ2n) is 2.80. The summed E-state index contributed by atoms with van der Waals surface area (Å²) in [7, 11) is 0. The molecule has 0 aromatic heterocycles. The molecule has 0 aliphatic rings. The van der Waals surface area contributed by atoms with Crippen LogP contribution in [0.1, 0.15) is 21.5 Å². The number of carbonyl (C=O) groups is 1. The first-order valence-corrected chi connectivity index (χ1v) is 3.77. The summed E-state index contributed by atoms with van der Waals surface area (Å²) >= 11 is 0. The molecule has 0 aliphatic heterocycles. The molecule has 0 saturated heterocycles. The average Bonchev–Trinajstić information content (AvgIpc) is 2.09. The quantitative estimate of drug-likeness (QED) is 0.396. The zero-order valence-electron chi connectivity index (χ0n) is 7.40. The fourth-order valence-electron chi connectivity index (χ4n) is 1.15. The Balaban J connectivity index is 3.39. The molecule has 1 aromatic rings. The minimum absolute atomic E-state index is 0.0584. The normalized spacial score (nSPS) is 9.69. The maximum atomic E-state index is 10.5. The van der Waals surface area contributed by atoms with Crippen molar-refractivity contribution in [3.8, 4) is 0 Å². The summed E-state index contributed by atoms with van der Waals surface area (Å²) < 4.78 is 0. The van der Waals surface area contributed by atoms with Crippen molar-refractivity contribution in [2.24, 2.45) is 0 Å². The molecule has 0 fully saturated rings. The highest BCUT2D eigenvalue weighted by atomic mass is 16.6. The molecule has 0 spiro atoms. The summed E-state index contributed by atoms with van der Waals surface area (Å²) in [5.74, 6) is 0. The van der Waals surface area contributed by atoms with Gasteiger partial charge < -0.3 is 0 Å². The Morgan fingerprint density at radius 3 is 2.38 bits per heavy atom. The summed E-state index contributed by atoms with van der Waals surface area (Å²) in [5.41, 5.74) is 1.78. The number of benzene rings is 1. The molecule has 0 bridgehead atoms. The minimum Gasteiger partial charge on any atom is -0.298 e. The molecule has 0 radical (unpaired) electrons. The summed E-state index contributed by atoms with van der Waals surface area (Å²) in [6, 6.07) is 2.82. The largest absolute Gasteiger partial charge is 0.298 e. The highest BCUT2D eigenvalue weighted by molar-refractivity contribution is 5.78. The summed E-state index contributed by atoms with van der Waals surface area (Å²) in [5, 5.41) is 10.5. The van der Waals surface area contributed by atoms with Crippen molar-refractivity contribution in [1.29, 1.82) is 0 Å². The Morgan fingerprint density at radius 1 is 1.31 bits per heavy atom. The predicted molar refractivity (Wildman–Crippen MR) is 48.0 cm³/mol. The first-order valence-electron chi connectivity index (χ1n) is 3.77. The second kappa shape index (κ2) is 3.35. The van der Waals surface area contributed by atoms with Gasteiger partial charge in [-0.1, -0.05) is 0 Å². The molecule has 13 heavy (non-hydrogen) atoms. The number of aldehydes is 1. The average molecular weight is 179 g/mol. The van der Waals surface area contributed by atoms with Crippen LogP contribution in [0.5, 0.6) is 0 Å². The number of hydrogen-bond donors (Lipinski definition) is 0. The molecule has 4 heteroatoms. The summed E-state index contributed by atoms with van der Waals surface area (Å²) in [4.78, 5) is 20.5. The topological polar surface area (TPSA) is 60.2 Å². The smallest absolute Gasteiger partial charge is 0.272 e. The molecule has 1 rings (SSSR count). The van der Waals surface area contributed by atoms with Gasteiger partial charge in [0.05, 0.1) is 4.92 Å². The van der Waals surface area contributed by atoms with Crippen LogP contribution < -0.4 is 0 Å². The standard InChI is InChI=1S/C9H9NO3/c1-6-7(2)9(10(12)13)4-3-8(6)5-11/h3-5H,1-2H3. The van der Waals surface area contributed by atoms with Gasteiger partial charge in [0.25, 0.3) is 5.69 Å². The lowest BCUT2D eigenvalue weighted by atomic mass is 10.0. The molecule has 0 amide bonds. The van der Waals surface area contributed by atoms with Crippen LogP contribution in [0.25, 0.3) is 0 Å².